The summed E-state index contributed by atoms with van der Waals surface area (Å²) < 4.78 is 0. The van der Waals surface area contributed by atoms with Crippen molar-refractivity contribution in [3.05, 3.63) is 57.3 Å². The summed E-state index contributed by atoms with van der Waals surface area (Å²) in [5, 5.41) is 12.0. The molecule has 6 nitrogen and oxygen atoms in total. The fourth-order valence-electron chi connectivity index (χ4n) is 3.14. The third-order valence-corrected chi connectivity index (χ3v) is 5.70. The lowest BCUT2D eigenvalue weighted by Gasteiger charge is -2.32. The highest BCUT2D eigenvalue weighted by Crippen LogP contribution is 2.17. The van der Waals surface area contributed by atoms with Crippen LogP contribution in [0.15, 0.2) is 36.4 Å². The number of amides is 2. The van der Waals surface area contributed by atoms with Crippen molar-refractivity contribution in [1.82, 2.24) is 10.2 Å². The van der Waals surface area contributed by atoms with Gasteiger partial charge in [0.15, 0.2) is 0 Å². The number of carbonyl (C=O) groups excluding carboxylic acids is 2. The number of likely N-dealkylation sites (tertiary alicyclic amines) is 1. The van der Waals surface area contributed by atoms with E-state index in [9.17, 15) is 14.4 Å². The van der Waals surface area contributed by atoms with Gasteiger partial charge in [0.2, 0.25) is 5.91 Å². The van der Waals surface area contributed by atoms with Gasteiger partial charge in [-0.25, -0.2) is 4.79 Å². The first-order chi connectivity index (χ1) is 12.9. The molecular weight excluding hydrogens is 364 g/mol. The maximum Gasteiger partial charge on any atom is 0.335 e. The van der Waals surface area contributed by atoms with Gasteiger partial charge in [0, 0.05) is 24.0 Å². The van der Waals surface area contributed by atoms with E-state index in [1.54, 1.807) is 12.1 Å². The van der Waals surface area contributed by atoms with Gasteiger partial charge in [-0.1, -0.05) is 12.1 Å². The molecule has 3 rings (SSSR count). The minimum absolute atomic E-state index is 0.0248. The first kappa shape index (κ1) is 19.1. The lowest BCUT2D eigenvalue weighted by molar-refractivity contribution is -0.131. The molecule has 27 heavy (non-hydrogen) atoms. The number of rotatable bonds is 5. The molecule has 0 atom stereocenters. The van der Waals surface area contributed by atoms with Crippen LogP contribution in [-0.4, -0.2) is 46.9 Å². The molecule has 1 aromatic heterocycles. The molecule has 0 spiro atoms. The van der Waals surface area contributed by atoms with E-state index in [-0.39, 0.29) is 29.8 Å². The van der Waals surface area contributed by atoms with E-state index in [0.717, 1.165) is 28.2 Å². The summed E-state index contributed by atoms with van der Waals surface area (Å²) in [6.45, 7) is 3.20. The second-order valence-corrected chi connectivity index (χ2v) is 8.01. The van der Waals surface area contributed by atoms with Gasteiger partial charge in [-0.15, -0.1) is 11.3 Å². The lowest BCUT2D eigenvalue weighted by Crippen LogP contribution is -2.46. The Hall–Kier alpha value is -2.67. The Morgan fingerprint density at radius 2 is 1.78 bits per heavy atom. The van der Waals surface area contributed by atoms with Gasteiger partial charge in [0.25, 0.3) is 5.91 Å². The Bertz CT molecular complexity index is 836. The number of nitrogens with zero attached hydrogens (tertiary/aromatic N) is 1. The van der Waals surface area contributed by atoms with Crippen LogP contribution in [0.4, 0.5) is 0 Å². The highest BCUT2D eigenvalue weighted by Gasteiger charge is 2.24. The second kappa shape index (κ2) is 8.35. The van der Waals surface area contributed by atoms with Crippen molar-refractivity contribution in [2.75, 3.05) is 13.1 Å². The fraction of sp³-hybridized carbons (Fsp3) is 0.350. The van der Waals surface area contributed by atoms with Crippen molar-refractivity contribution in [3.8, 4) is 0 Å². The summed E-state index contributed by atoms with van der Waals surface area (Å²) in [6, 6.07) is 10.2. The largest absolute Gasteiger partial charge is 0.478 e. The van der Waals surface area contributed by atoms with Crippen LogP contribution in [0.3, 0.4) is 0 Å². The number of hydrogen-bond acceptors (Lipinski definition) is 4. The van der Waals surface area contributed by atoms with Crippen molar-refractivity contribution in [2.24, 2.45) is 0 Å². The molecule has 0 bridgehead atoms. The molecule has 1 saturated heterocycles. The van der Waals surface area contributed by atoms with E-state index < -0.39 is 5.97 Å². The molecule has 7 heteroatoms. The monoisotopic (exact) mass is 386 g/mol. The summed E-state index contributed by atoms with van der Waals surface area (Å²) in [5.41, 5.74) is 1.01. The van der Waals surface area contributed by atoms with Gasteiger partial charge in [0.1, 0.15) is 0 Å². The topological polar surface area (TPSA) is 86.7 Å². The minimum Gasteiger partial charge on any atom is -0.478 e. The van der Waals surface area contributed by atoms with Gasteiger partial charge in [-0.05, 0) is 49.6 Å². The van der Waals surface area contributed by atoms with Crippen LogP contribution in [0.5, 0.6) is 0 Å². The van der Waals surface area contributed by atoms with E-state index in [1.165, 1.54) is 23.5 Å². The molecule has 2 aromatic rings. The molecule has 2 amide bonds. The minimum atomic E-state index is -0.977. The molecule has 1 aliphatic heterocycles. The molecule has 0 aliphatic carbocycles. The Morgan fingerprint density at radius 1 is 1.11 bits per heavy atom. The van der Waals surface area contributed by atoms with Crippen molar-refractivity contribution >= 4 is 29.1 Å². The number of carbonyl (C=O) groups is 3. The highest BCUT2D eigenvalue weighted by atomic mass is 32.1. The van der Waals surface area contributed by atoms with Crippen LogP contribution < -0.4 is 5.32 Å². The number of benzene rings is 1. The zero-order valence-corrected chi connectivity index (χ0v) is 15.9. The molecule has 2 heterocycles. The summed E-state index contributed by atoms with van der Waals surface area (Å²) in [4.78, 5) is 39.2. The molecular formula is C20H22N2O4S. The molecule has 0 saturated carbocycles. The number of carboxylic acid groups (broad SMARTS) is 1. The average molecular weight is 386 g/mol. The fourth-order valence-corrected chi connectivity index (χ4v) is 3.91. The maximum atomic E-state index is 12.5. The Balaban J connectivity index is 1.47. The van der Waals surface area contributed by atoms with E-state index in [0.29, 0.717) is 13.1 Å². The summed E-state index contributed by atoms with van der Waals surface area (Å²) in [5.74, 6) is -0.997. The molecule has 2 N–H and O–H groups in total. The van der Waals surface area contributed by atoms with Crippen molar-refractivity contribution < 1.29 is 19.5 Å². The van der Waals surface area contributed by atoms with Crippen LogP contribution in [0.25, 0.3) is 0 Å². The van der Waals surface area contributed by atoms with E-state index in [2.05, 4.69) is 5.32 Å². The first-order valence-corrected chi connectivity index (χ1v) is 9.71. The number of nitrogens with one attached hydrogen (secondary N) is 1. The molecule has 1 aliphatic rings. The van der Waals surface area contributed by atoms with Crippen molar-refractivity contribution in [3.63, 3.8) is 0 Å². The van der Waals surface area contributed by atoms with Crippen LogP contribution in [-0.2, 0) is 11.2 Å². The van der Waals surface area contributed by atoms with Crippen LogP contribution in [0, 0.1) is 6.92 Å². The van der Waals surface area contributed by atoms with Gasteiger partial charge in [-0.2, -0.15) is 0 Å². The SMILES string of the molecule is Cc1ccc(C(=O)NC2CCN(C(=O)Cc3ccc(C(=O)O)cc3)CC2)s1. The Labute approximate surface area is 161 Å². The van der Waals surface area contributed by atoms with Crippen molar-refractivity contribution in [2.45, 2.75) is 32.2 Å². The third kappa shape index (κ3) is 4.95. The number of aromatic carboxylic acids is 1. The molecule has 0 unspecified atom stereocenters. The Kier molecular flexibility index (Phi) is 5.91. The number of carboxylic acids is 1. The van der Waals surface area contributed by atoms with Crippen molar-refractivity contribution in [1.29, 1.82) is 0 Å². The number of aryl methyl sites for hydroxylation is 1. The van der Waals surface area contributed by atoms with Gasteiger partial charge in [-0.3, -0.25) is 9.59 Å². The van der Waals surface area contributed by atoms with Gasteiger partial charge >= 0.3 is 5.97 Å². The van der Waals surface area contributed by atoms with Crippen LogP contribution in [0.1, 0.15) is 43.3 Å². The average Bonchev–Trinajstić information content (AvgIpc) is 3.09. The van der Waals surface area contributed by atoms with E-state index in [4.69, 9.17) is 5.11 Å². The van der Waals surface area contributed by atoms with E-state index in [1.807, 2.05) is 24.0 Å². The molecule has 142 valence electrons. The predicted octanol–water partition coefficient (Wildman–Crippen LogP) is 2.72. The quantitative estimate of drug-likeness (QED) is 0.827. The zero-order chi connectivity index (χ0) is 19.4. The van der Waals surface area contributed by atoms with E-state index >= 15 is 0 Å². The number of hydrogen-bond donors (Lipinski definition) is 2. The van der Waals surface area contributed by atoms with Gasteiger partial charge in [0.05, 0.1) is 16.9 Å². The lowest BCUT2D eigenvalue weighted by atomic mass is 10.0. The summed E-state index contributed by atoms with van der Waals surface area (Å²) in [6.07, 6.45) is 1.73. The normalized spacial score (nSPS) is 14.8. The highest BCUT2D eigenvalue weighted by molar-refractivity contribution is 7.13. The second-order valence-electron chi connectivity index (χ2n) is 6.72. The van der Waals surface area contributed by atoms with Crippen LogP contribution in [0.2, 0.25) is 0 Å². The number of thiophene rings is 1. The third-order valence-electron chi connectivity index (χ3n) is 4.70. The Morgan fingerprint density at radius 3 is 2.33 bits per heavy atom. The van der Waals surface area contributed by atoms with Crippen LogP contribution >= 0.6 is 11.3 Å². The molecule has 1 fully saturated rings. The number of piperidine rings is 1. The molecule has 0 radical (unpaired) electrons. The predicted molar refractivity (Wildman–Crippen MR) is 103 cm³/mol. The maximum absolute atomic E-state index is 12.5. The summed E-state index contributed by atoms with van der Waals surface area (Å²) >= 11 is 1.48. The van der Waals surface area contributed by atoms with Gasteiger partial charge < -0.3 is 15.3 Å². The standard InChI is InChI=1S/C20H22N2O4S/c1-13-2-7-17(27-13)19(24)21-16-8-10-22(11-9-16)18(23)12-14-3-5-15(6-4-14)20(25)26/h2-7,16H,8-12H2,1H3,(H,21,24)(H,25,26). The zero-order valence-electron chi connectivity index (χ0n) is 15.1. The molecule has 1 aromatic carbocycles. The smallest absolute Gasteiger partial charge is 0.335 e. The first-order valence-electron chi connectivity index (χ1n) is 8.89. The summed E-state index contributed by atoms with van der Waals surface area (Å²) in [7, 11) is 0.